The summed E-state index contributed by atoms with van der Waals surface area (Å²) in [6, 6.07) is 5.61. The molecule has 2 amide bonds. The molecule has 1 aliphatic rings. The summed E-state index contributed by atoms with van der Waals surface area (Å²) in [4.78, 5) is 20.6. The molecule has 0 radical (unpaired) electrons. The van der Waals surface area contributed by atoms with E-state index in [1.54, 1.807) is 18.6 Å². The number of carbonyl (C=O) groups is 1. The maximum absolute atomic E-state index is 12.1. The van der Waals surface area contributed by atoms with Gasteiger partial charge in [-0.1, -0.05) is 0 Å². The lowest BCUT2D eigenvalue weighted by atomic mass is 10.3. The Hall–Kier alpha value is -3.00. The van der Waals surface area contributed by atoms with E-state index in [2.05, 4.69) is 31.0 Å². The topological polar surface area (TPSA) is 96.8 Å². The van der Waals surface area contributed by atoms with Crippen molar-refractivity contribution in [1.29, 1.82) is 0 Å². The molecular weight excluding hydrogens is 318 g/mol. The minimum atomic E-state index is -0.238. The smallest absolute Gasteiger partial charge is 0.320 e. The van der Waals surface area contributed by atoms with E-state index in [1.165, 1.54) is 0 Å². The third-order valence-electron chi connectivity index (χ3n) is 4.22. The Morgan fingerprint density at radius 2 is 2.24 bits per heavy atom. The van der Waals surface area contributed by atoms with Crippen molar-refractivity contribution in [3.63, 3.8) is 0 Å². The van der Waals surface area contributed by atoms with E-state index in [4.69, 9.17) is 0 Å². The Morgan fingerprint density at radius 3 is 3.04 bits per heavy atom. The maximum atomic E-state index is 12.1. The van der Waals surface area contributed by atoms with Crippen molar-refractivity contribution < 1.29 is 4.79 Å². The molecule has 3 aromatic heterocycles. The number of pyridine rings is 2. The highest BCUT2D eigenvalue weighted by Gasteiger charge is 2.17. The molecular formula is C17H19N7O. The molecule has 0 bridgehead atoms. The summed E-state index contributed by atoms with van der Waals surface area (Å²) in [6.07, 6.45) is 6.17. The molecule has 3 N–H and O–H groups in total. The van der Waals surface area contributed by atoms with Gasteiger partial charge in [0.15, 0.2) is 0 Å². The van der Waals surface area contributed by atoms with Gasteiger partial charge in [-0.3, -0.25) is 10.3 Å². The Kier molecular flexibility index (Phi) is 4.02. The molecule has 1 unspecified atom stereocenters. The predicted octanol–water partition coefficient (Wildman–Crippen LogP) is 1.61. The Morgan fingerprint density at radius 1 is 1.32 bits per heavy atom. The van der Waals surface area contributed by atoms with Crippen molar-refractivity contribution in [2.45, 2.75) is 19.4 Å². The van der Waals surface area contributed by atoms with Crippen LogP contribution >= 0.6 is 0 Å². The highest BCUT2D eigenvalue weighted by atomic mass is 16.2. The Bertz CT molecular complexity index is 914. The van der Waals surface area contributed by atoms with E-state index in [-0.39, 0.29) is 12.1 Å². The van der Waals surface area contributed by atoms with Gasteiger partial charge < -0.3 is 10.6 Å². The number of aryl methyl sites for hydroxylation is 1. The van der Waals surface area contributed by atoms with Gasteiger partial charge in [0.25, 0.3) is 0 Å². The molecule has 3 aromatic rings. The van der Waals surface area contributed by atoms with Crippen molar-refractivity contribution >= 4 is 22.8 Å². The molecule has 0 aromatic carbocycles. The fraction of sp³-hybridized carbons (Fsp3) is 0.294. The molecule has 4 rings (SSSR count). The van der Waals surface area contributed by atoms with Crippen LogP contribution in [-0.4, -0.2) is 44.9 Å². The number of fused-ring (bicyclic) bond motifs is 1. The summed E-state index contributed by atoms with van der Waals surface area (Å²) in [5, 5.41) is 14.3. The van der Waals surface area contributed by atoms with Gasteiger partial charge in [-0.05, 0) is 38.1 Å². The van der Waals surface area contributed by atoms with Crippen LogP contribution < -0.4 is 16.0 Å². The summed E-state index contributed by atoms with van der Waals surface area (Å²) in [6.45, 7) is 3.68. The molecule has 0 spiro atoms. The number of hydrogen-bond donors (Lipinski definition) is 3. The van der Waals surface area contributed by atoms with Crippen molar-refractivity contribution in [3.8, 4) is 5.69 Å². The van der Waals surface area contributed by atoms with E-state index in [9.17, 15) is 4.79 Å². The minimum absolute atomic E-state index is 0.168. The van der Waals surface area contributed by atoms with E-state index < -0.39 is 0 Å². The first-order valence-corrected chi connectivity index (χ1v) is 8.24. The highest BCUT2D eigenvalue weighted by Crippen LogP contribution is 2.20. The first-order valence-electron chi connectivity index (χ1n) is 8.24. The van der Waals surface area contributed by atoms with Crippen molar-refractivity contribution in [3.05, 3.63) is 42.5 Å². The molecule has 25 heavy (non-hydrogen) atoms. The zero-order valence-electron chi connectivity index (χ0n) is 13.9. The van der Waals surface area contributed by atoms with E-state index in [1.807, 2.05) is 29.8 Å². The summed E-state index contributed by atoms with van der Waals surface area (Å²) >= 11 is 0. The maximum Gasteiger partial charge on any atom is 0.320 e. The number of nitrogens with one attached hydrogen (secondary N) is 3. The first-order chi connectivity index (χ1) is 12.2. The average molecular weight is 337 g/mol. The fourth-order valence-electron chi connectivity index (χ4n) is 2.98. The van der Waals surface area contributed by atoms with Gasteiger partial charge in [0, 0.05) is 29.9 Å². The molecule has 8 nitrogen and oxygen atoms in total. The van der Waals surface area contributed by atoms with E-state index >= 15 is 0 Å². The normalized spacial score (nSPS) is 16.9. The Labute approximate surface area is 144 Å². The molecule has 8 heteroatoms. The second-order valence-corrected chi connectivity index (χ2v) is 6.13. The second-order valence-electron chi connectivity index (χ2n) is 6.13. The van der Waals surface area contributed by atoms with E-state index in [0.717, 1.165) is 41.8 Å². The van der Waals surface area contributed by atoms with Gasteiger partial charge in [0.2, 0.25) is 0 Å². The third-order valence-corrected chi connectivity index (χ3v) is 4.22. The van der Waals surface area contributed by atoms with Crippen LogP contribution in [0.5, 0.6) is 0 Å². The standard InChI is InChI=1S/C17H19N7O/c1-11-6-14(3-5-19-11)24-15-10-20-16(7-12(15)8-21-24)23-17(25)22-13-2-4-18-9-13/h3,5-8,10,13,18H,2,4,9H2,1H3,(H2,20,22,23,25). The summed E-state index contributed by atoms with van der Waals surface area (Å²) in [7, 11) is 0. The van der Waals surface area contributed by atoms with Crippen molar-refractivity contribution in [1.82, 2.24) is 30.4 Å². The van der Waals surface area contributed by atoms with Gasteiger partial charge in [-0.25, -0.2) is 14.5 Å². The van der Waals surface area contributed by atoms with Gasteiger partial charge >= 0.3 is 6.03 Å². The number of amides is 2. The lowest BCUT2D eigenvalue weighted by molar-refractivity contribution is 0.249. The highest BCUT2D eigenvalue weighted by molar-refractivity contribution is 5.91. The van der Waals surface area contributed by atoms with Gasteiger partial charge in [-0.15, -0.1) is 0 Å². The molecule has 1 aliphatic heterocycles. The van der Waals surface area contributed by atoms with Gasteiger partial charge in [-0.2, -0.15) is 5.10 Å². The third kappa shape index (κ3) is 3.29. The average Bonchev–Trinajstić information content (AvgIpc) is 3.24. The summed E-state index contributed by atoms with van der Waals surface area (Å²) < 4.78 is 1.81. The fourth-order valence-corrected chi connectivity index (χ4v) is 2.98. The Balaban J connectivity index is 1.54. The predicted molar refractivity (Wildman–Crippen MR) is 94.8 cm³/mol. The zero-order chi connectivity index (χ0) is 17.2. The summed E-state index contributed by atoms with van der Waals surface area (Å²) in [5.41, 5.74) is 2.72. The number of urea groups is 1. The molecule has 1 atom stereocenters. The number of rotatable bonds is 3. The summed E-state index contributed by atoms with van der Waals surface area (Å²) in [5.74, 6) is 0.501. The molecule has 1 fully saturated rings. The van der Waals surface area contributed by atoms with Crippen LogP contribution in [0.1, 0.15) is 12.1 Å². The monoisotopic (exact) mass is 337 g/mol. The van der Waals surface area contributed by atoms with E-state index in [0.29, 0.717) is 5.82 Å². The van der Waals surface area contributed by atoms with Crippen molar-refractivity contribution in [2.75, 3.05) is 18.4 Å². The SMILES string of the molecule is Cc1cc(-n2ncc3cc(NC(=O)NC4CCNC4)ncc32)ccn1. The van der Waals surface area contributed by atoms with Crippen LogP contribution in [0.3, 0.4) is 0 Å². The molecule has 1 saturated heterocycles. The van der Waals surface area contributed by atoms with Crippen LogP contribution in [0.2, 0.25) is 0 Å². The second kappa shape index (κ2) is 6.48. The lowest BCUT2D eigenvalue weighted by Gasteiger charge is -2.12. The molecule has 0 aliphatic carbocycles. The van der Waals surface area contributed by atoms with Crippen LogP contribution in [0.25, 0.3) is 16.6 Å². The number of hydrogen-bond acceptors (Lipinski definition) is 5. The van der Waals surface area contributed by atoms with Crippen LogP contribution in [0, 0.1) is 6.92 Å². The number of aromatic nitrogens is 4. The minimum Gasteiger partial charge on any atom is -0.334 e. The largest absolute Gasteiger partial charge is 0.334 e. The molecule has 0 saturated carbocycles. The zero-order valence-corrected chi connectivity index (χ0v) is 13.9. The number of anilines is 1. The van der Waals surface area contributed by atoms with Gasteiger partial charge in [0.1, 0.15) is 5.82 Å². The van der Waals surface area contributed by atoms with Crippen LogP contribution in [-0.2, 0) is 0 Å². The van der Waals surface area contributed by atoms with Crippen molar-refractivity contribution in [2.24, 2.45) is 0 Å². The van der Waals surface area contributed by atoms with Crippen LogP contribution in [0.4, 0.5) is 10.6 Å². The van der Waals surface area contributed by atoms with Crippen LogP contribution in [0.15, 0.2) is 36.8 Å². The molecule has 128 valence electrons. The molecule has 4 heterocycles. The number of nitrogens with zero attached hydrogens (tertiary/aromatic N) is 4. The van der Waals surface area contributed by atoms with Gasteiger partial charge in [0.05, 0.1) is 23.6 Å². The quantitative estimate of drug-likeness (QED) is 0.675. The first kappa shape index (κ1) is 15.5. The number of carbonyl (C=O) groups excluding carboxylic acids is 1. The lowest BCUT2D eigenvalue weighted by Crippen LogP contribution is -2.39.